The van der Waals surface area contributed by atoms with Crippen molar-refractivity contribution in [2.45, 2.75) is 31.7 Å². The first-order chi connectivity index (χ1) is 9.22. The number of aromatic nitrogens is 2. The van der Waals surface area contributed by atoms with Crippen molar-refractivity contribution in [3.05, 3.63) is 23.8 Å². The van der Waals surface area contributed by atoms with Crippen LogP contribution in [0.3, 0.4) is 0 Å². The molecular weight excluding hydrogens is 267 g/mol. The molecule has 0 aliphatic heterocycles. The Morgan fingerprint density at radius 2 is 2.26 bits per heavy atom. The number of aryl methyl sites for hydroxylation is 1. The third kappa shape index (κ3) is 2.41. The molecule has 0 bridgehead atoms. The van der Waals surface area contributed by atoms with Crippen LogP contribution in [0.1, 0.15) is 25.1 Å². The standard InChI is InChI=1S/C14H16ClFN2O/c1-19-13-7-12-11(6-10(13)16)17-14(8-15)18(12)5-4-9-2-3-9/h6-7,9H,2-5,8H2,1H3. The van der Waals surface area contributed by atoms with Crippen molar-refractivity contribution in [1.82, 2.24) is 9.55 Å². The van der Waals surface area contributed by atoms with Gasteiger partial charge in [-0.2, -0.15) is 0 Å². The van der Waals surface area contributed by atoms with Gasteiger partial charge in [-0.15, -0.1) is 11.6 Å². The van der Waals surface area contributed by atoms with Gasteiger partial charge in [0.25, 0.3) is 0 Å². The number of fused-ring (bicyclic) bond motifs is 1. The van der Waals surface area contributed by atoms with Gasteiger partial charge in [0.05, 0.1) is 24.0 Å². The highest BCUT2D eigenvalue weighted by molar-refractivity contribution is 6.16. The smallest absolute Gasteiger partial charge is 0.167 e. The minimum atomic E-state index is -0.386. The Kier molecular flexibility index (Phi) is 3.35. The molecule has 1 aliphatic rings. The molecular formula is C14H16ClFN2O. The van der Waals surface area contributed by atoms with E-state index in [2.05, 4.69) is 9.55 Å². The van der Waals surface area contributed by atoms with Crippen LogP contribution in [0.25, 0.3) is 11.0 Å². The molecule has 2 aromatic rings. The third-order valence-electron chi connectivity index (χ3n) is 3.68. The van der Waals surface area contributed by atoms with E-state index in [0.717, 1.165) is 30.2 Å². The van der Waals surface area contributed by atoms with Crippen molar-refractivity contribution in [2.24, 2.45) is 5.92 Å². The quantitative estimate of drug-likeness (QED) is 0.782. The second kappa shape index (κ2) is 5.00. The van der Waals surface area contributed by atoms with Crippen LogP contribution in [0.5, 0.6) is 5.75 Å². The first-order valence-corrected chi connectivity index (χ1v) is 7.05. The Hall–Kier alpha value is -1.29. The summed E-state index contributed by atoms with van der Waals surface area (Å²) in [6.45, 7) is 0.887. The van der Waals surface area contributed by atoms with E-state index in [-0.39, 0.29) is 11.6 Å². The van der Waals surface area contributed by atoms with Crippen LogP contribution in [-0.4, -0.2) is 16.7 Å². The SMILES string of the molecule is COc1cc2c(cc1F)nc(CCl)n2CCC1CC1. The molecule has 1 heterocycles. The summed E-state index contributed by atoms with van der Waals surface area (Å²) in [6, 6.07) is 3.12. The molecule has 0 N–H and O–H groups in total. The van der Waals surface area contributed by atoms with Gasteiger partial charge in [0.2, 0.25) is 0 Å². The Balaban J connectivity index is 2.04. The number of rotatable bonds is 5. The van der Waals surface area contributed by atoms with E-state index in [4.69, 9.17) is 16.3 Å². The van der Waals surface area contributed by atoms with Crippen LogP contribution in [-0.2, 0) is 12.4 Å². The molecule has 0 radical (unpaired) electrons. The Bertz CT molecular complexity index is 607. The predicted molar refractivity (Wildman–Crippen MR) is 73.1 cm³/mol. The predicted octanol–water partition coefficient (Wildman–Crippen LogP) is 3.72. The third-order valence-corrected chi connectivity index (χ3v) is 3.92. The van der Waals surface area contributed by atoms with Crippen molar-refractivity contribution >= 4 is 22.6 Å². The normalized spacial score (nSPS) is 15.1. The van der Waals surface area contributed by atoms with Gasteiger partial charge in [-0.1, -0.05) is 12.8 Å². The molecule has 1 aromatic carbocycles. The zero-order valence-corrected chi connectivity index (χ0v) is 11.6. The number of benzene rings is 1. The van der Waals surface area contributed by atoms with Crippen molar-refractivity contribution in [3.63, 3.8) is 0 Å². The van der Waals surface area contributed by atoms with Gasteiger partial charge in [-0.05, 0) is 12.3 Å². The van der Waals surface area contributed by atoms with Gasteiger partial charge < -0.3 is 9.30 Å². The maximum Gasteiger partial charge on any atom is 0.167 e. The molecule has 3 nitrogen and oxygen atoms in total. The first-order valence-electron chi connectivity index (χ1n) is 6.51. The summed E-state index contributed by atoms with van der Waals surface area (Å²) in [4.78, 5) is 4.40. The Labute approximate surface area is 116 Å². The summed E-state index contributed by atoms with van der Waals surface area (Å²) >= 11 is 5.94. The van der Waals surface area contributed by atoms with Crippen LogP contribution < -0.4 is 4.74 Å². The van der Waals surface area contributed by atoms with Gasteiger partial charge in [0.15, 0.2) is 11.6 Å². The summed E-state index contributed by atoms with van der Waals surface area (Å²) in [5.41, 5.74) is 1.54. The topological polar surface area (TPSA) is 27.1 Å². The minimum absolute atomic E-state index is 0.251. The Morgan fingerprint density at radius 3 is 2.89 bits per heavy atom. The molecule has 1 fully saturated rings. The lowest BCUT2D eigenvalue weighted by molar-refractivity contribution is 0.387. The number of imidazole rings is 1. The van der Waals surface area contributed by atoms with Crippen LogP contribution in [0.15, 0.2) is 12.1 Å². The van der Waals surface area contributed by atoms with E-state index >= 15 is 0 Å². The lowest BCUT2D eigenvalue weighted by Crippen LogP contribution is -2.03. The fourth-order valence-electron chi connectivity index (χ4n) is 2.40. The largest absolute Gasteiger partial charge is 0.494 e. The van der Waals surface area contributed by atoms with Crippen molar-refractivity contribution in [3.8, 4) is 5.75 Å². The molecule has 1 aromatic heterocycles. The van der Waals surface area contributed by atoms with Gasteiger partial charge in [0, 0.05) is 18.7 Å². The van der Waals surface area contributed by atoms with Crippen LogP contribution in [0.2, 0.25) is 0 Å². The highest BCUT2D eigenvalue weighted by atomic mass is 35.5. The maximum absolute atomic E-state index is 13.7. The maximum atomic E-state index is 13.7. The lowest BCUT2D eigenvalue weighted by atomic mass is 10.2. The van der Waals surface area contributed by atoms with Crippen LogP contribution >= 0.6 is 11.6 Å². The molecule has 0 unspecified atom stereocenters. The molecule has 0 atom stereocenters. The number of ether oxygens (including phenoxy) is 1. The molecule has 102 valence electrons. The average molecular weight is 283 g/mol. The van der Waals surface area contributed by atoms with E-state index in [9.17, 15) is 4.39 Å². The molecule has 5 heteroatoms. The fraction of sp³-hybridized carbons (Fsp3) is 0.500. The second-order valence-corrected chi connectivity index (χ2v) is 5.29. The van der Waals surface area contributed by atoms with Crippen molar-refractivity contribution in [1.29, 1.82) is 0 Å². The van der Waals surface area contributed by atoms with Crippen LogP contribution in [0.4, 0.5) is 4.39 Å². The molecule has 0 amide bonds. The molecule has 3 rings (SSSR count). The molecule has 1 saturated carbocycles. The van der Waals surface area contributed by atoms with Gasteiger partial charge in [-0.3, -0.25) is 0 Å². The number of alkyl halides is 1. The average Bonchev–Trinajstić information content (AvgIpc) is 3.17. The Morgan fingerprint density at radius 1 is 1.47 bits per heavy atom. The summed E-state index contributed by atoms with van der Waals surface area (Å²) < 4.78 is 20.8. The zero-order chi connectivity index (χ0) is 13.4. The fourth-order valence-corrected chi connectivity index (χ4v) is 2.61. The number of hydrogen-bond donors (Lipinski definition) is 0. The zero-order valence-electron chi connectivity index (χ0n) is 10.8. The van der Waals surface area contributed by atoms with E-state index in [0.29, 0.717) is 11.4 Å². The van der Waals surface area contributed by atoms with Crippen LogP contribution in [0, 0.1) is 11.7 Å². The summed E-state index contributed by atoms with van der Waals surface area (Å²) in [7, 11) is 1.47. The number of methoxy groups -OCH3 is 1. The van der Waals surface area contributed by atoms with Gasteiger partial charge >= 0.3 is 0 Å². The summed E-state index contributed by atoms with van der Waals surface area (Å²) in [5, 5.41) is 0. The van der Waals surface area contributed by atoms with Crippen molar-refractivity contribution < 1.29 is 9.13 Å². The van der Waals surface area contributed by atoms with E-state index < -0.39 is 0 Å². The molecule has 0 spiro atoms. The monoisotopic (exact) mass is 282 g/mol. The number of nitrogens with zero attached hydrogens (tertiary/aromatic N) is 2. The van der Waals surface area contributed by atoms with E-state index in [1.165, 1.54) is 26.0 Å². The number of halogens is 2. The summed E-state index contributed by atoms with van der Waals surface area (Å²) in [5.74, 6) is 1.83. The highest BCUT2D eigenvalue weighted by Gasteiger charge is 2.22. The van der Waals surface area contributed by atoms with E-state index in [1.807, 2.05) is 0 Å². The summed E-state index contributed by atoms with van der Waals surface area (Å²) in [6.07, 6.45) is 3.77. The minimum Gasteiger partial charge on any atom is -0.494 e. The van der Waals surface area contributed by atoms with Crippen molar-refractivity contribution in [2.75, 3.05) is 7.11 Å². The highest BCUT2D eigenvalue weighted by Crippen LogP contribution is 2.34. The lowest BCUT2D eigenvalue weighted by Gasteiger charge is -2.08. The second-order valence-electron chi connectivity index (χ2n) is 5.02. The van der Waals surface area contributed by atoms with Gasteiger partial charge in [-0.25, -0.2) is 9.37 Å². The molecule has 19 heavy (non-hydrogen) atoms. The molecule has 1 aliphatic carbocycles. The first kappa shape index (κ1) is 12.7. The van der Waals surface area contributed by atoms with Gasteiger partial charge in [0.1, 0.15) is 5.82 Å². The number of hydrogen-bond acceptors (Lipinski definition) is 2. The van der Waals surface area contributed by atoms with E-state index in [1.54, 1.807) is 6.07 Å². The molecule has 0 saturated heterocycles.